The van der Waals surface area contributed by atoms with Crippen molar-refractivity contribution >= 4 is 17.7 Å². The average molecular weight is 318 g/mol. The lowest BCUT2D eigenvalue weighted by Crippen LogP contribution is -2.06. The molecule has 2 aromatic rings. The van der Waals surface area contributed by atoms with E-state index in [9.17, 15) is 15.0 Å². The number of benzene rings is 2. The predicted molar refractivity (Wildman–Crippen MR) is 86.6 cm³/mol. The van der Waals surface area contributed by atoms with Gasteiger partial charge in [0.25, 0.3) is 0 Å². The minimum atomic E-state index is -0.594. The highest BCUT2D eigenvalue weighted by Crippen LogP contribution is 2.29. The van der Waals surface area contributed by atoms with E-state index in [0.29, 0.717) is 12.0 Å². The van der Waals surface area contributed by atoms with Gasteiger partial charge in [-0.1, -0.05) is 18.2 Å². The lowest BCUT2D eigenvalue weighted by molar-refractivity contribution is 0.0596. The van der Waals surface area contributed by atoms with Crippen molar-refractivity contribution in [1.82, 2.24) is 0 Å². The first-order valence-corrected chi connectivity index (χ1v) is 7.91. The van der Waals surface area contributed by atoms with Crippen molar-refractivity contribution in [2.24, 2.45) is 0 Å². The molecule has 0 aliphatic carbocycles. The molecule has 4 nitrogen and oxygen atoms in total. The number of ether oxygens (including phenoxy) is 1. The van der Waals surface area contributed by atoms with E-state index in [1.54, 1.807) is 11.8 Å². The number of rotatable bonds is 6. The van der Waals surface area contributed by atoms with Crippen LogP contribution >= 0.6 is 11.8 Å². The summed E-state index contributed by atoms with van der Waals surface area (Å²) in [5, 5.41) is 19.4. The summed E-state index contributed by atoms with van der Waals surface area (Å²) < 4.78 is 4.69. The smallest absolute Gasteiger partial charge is 0.341 e. The summed E-state index contributed by atoms with van der Waals surface area (Å²) in [6.07, 6.45) is 1.39. The van der Waals surface area contributed by atoms with Crippen LogP contribution in [0.4, 0.5) is 0 Å². The first-order chi connectivity index (χ1) is 10.6. The molecule has 5 heteroatoms. The van der Waals surface area contributed by atoms with E-state index in [0.717, 1.165) is 18.2 Å². The quantitative estimate of drug-likeness (QED) is 0.484. The third kappa shape index (κ3) is 4.18. The molecule has 2 N–H and O–H groups in total. The van der Waals surface area contributed by atoms with Crippen LogP contribution in [0.1, 0.15) is 22.3 Å². The van der Waals surface area contributed by atoms with E-state index >= 15 is 0 Å². The summed E-state index contributed by atoms with van der Waals surface area (Å²) in [5.41, 5.74) is 0.725. The number of hydrogen-bond donors (Lipinski definition) is 2. The van der Waals surface area contributed by atoms with Crippen LogP contribution in [0.2, 0.25) is 0 Å². The van der Waals surface area contributed by atoms with Crippen LogP contribution in [0.3, 0.4) is 0 Å². The second-order valence-corrected chi connectivity index (χ2v) is 5.92. The van der Waals surface area contributed by atoms with E-state index in [1.165, 1.54) is 18.1 Å². The maximum Gasteiger partial charge on any atom is 0.341 e. The van der Waals surface area contributed by atoms with Gasteiger partial charge in [-0.3, -0.25) is 0 Å². The van der Waals surface area contributed by atoms with Crippen molar-refractivity contribution in [2.75, 3.05) is 12.9 Å². The van der Waals surface area contributed by atoms with Crippen LogP contribution in [0, 0.1) is 0 Å². The third-order valence-corrected chi connectivity index (χ3v) is 4.27. The molecule has 0 bridgehead atoms. The van der Waals surface area contributed by atoms with Gasteiger partial charge >= 0.3 is 5.97 Å². The maximum absolute atomic E-state index is 11.8. The highest BCUT2D eigenvalue weighted by Gasteiger charge is 2.18. The lowest BCUT2D eigenvalue weighted by Gasteiger charge is -2.10. The van der Waals surface area contributed by atoms with Gasteiger partial charge in [-0.05, 0) is 42.4 Å². The van der Waals surface area contributed by atoms with Crippen LogP contribution in [0.5, 0.6) is 11.5 Å². The average Bonchev–Trinajstić information content (AvgIpc) is 2.51. The zero-order valence-corrected chi connectivity index (χ0v) is 13.1. The fourth-order valence-corrected chi connectivity index (χ4v) is 3.05. The Bertz CT molecular complexity index is 641. The molecule has 0 aliphatic heterocycles. The molecule has 0 atom stereocenters. The van der Waals surface area contributed by atoms with Gasteiger partial charge in [-0.15, -0.1) is 11.8 Å². The predicted octanol–water partition coefficient (Wildman–Crippen LogP) is 3.61. The maximum atomic E-state index is 11.8. The summed E-state index contributed by atoms with van der Waals surface area (Å²) in [4.78, 5) is 12.9. The number of aromatic hydroxyl groups is 2. The summed E-state index contributed by atoms with van der Waals surface area (Å²) in [6, 6.07) is 12.7. The monoisotopic (exact) mass is 318 g/mol. The van der Waals surface area contributed by atoms with Crippen LogP contribution in [0.15, 0.2) is 47.4 Å². The van der Waals surface area contributed by atoms with E-state index in [4.69, 9.17) is 0 Å². The lowest BCUT2D eigenvalue weighted by atomic mass is 10.0. The SMILES string of the molecule is COC(=O)c1c(O)cc(O)cc1CCCSc1ccccc1. The van der Waals surface area contributed by atoms with Crippen molar-refractivity contribution in [3.8, 4) is 11.5 Å². The Kier molecular flexibility index (Phi) is 5.72. The molecule has 0 saturated heterocycles. The van der Waals surface area contributed by atoms with Gasteiger partial charge in [0.1, 0.15) is 17.1 Å². The van der Waals surface area contributed by atoms with Crippen molar-refractivity contribution in [3.63, 3.8) is 0 Å². The van der Waals surface area contributed by atoms with Gasteiger partial charge in [-0.25, -0.2) is 4.79 Å². The Morgan fingerprint density at radius 3 is 2.59 bits per heavy atom. The topological polar surface area (TPSA) is 66.8 Å². The van der Waals surface area contributed by atoms with E-state index in [2.05, 4.69) is 4.74 Å². The summed E-state index contributed by atoms with van der Waals surface area (Å²) in [6.45, 7) is 0. The molecule has 0 unspecified atom stereocenters. The van der Waals surface area contributed by atoms with Gasteiger partial charge in [0.05, 0.1) is 7.11 Å². The van der Waals surface area contributed by atoms with Crippen LogP contribution in [-0.2, 0) is 11.2 Å². The summed E-state index contributed by atoms with van der Waals surface area (Å²) >= 11 is 1.73. The highest BCUT2D eigenvalue weighted by atomic mass is 32.2. The molecule has 0 radical (unpaired) electrons. The molecular weight excluding hydrogens is 300 g/mol. The van der Waals surface area contributed by atoms with Crippen molar-refractivity contribution in [1.29, 1.82) is 0 Å². The number of phenols is 2. The zero-order valence-electron chi connectivity index (χ0n) is 12.3. The van der Waals surface area contributed by atoms with E-state index in [1.807, 2.05) is 30.3 Å². The first-order valence-electron chi connectivity index (χ1n) is 6.93. The molecule has 0 aliphatic rings. The van der Waals surface area contributed by atoms with Gasteiger partial charge in [0, 0.05) is 11.0 Å². The molecule has 0 heterocycles. The second kappa shape index (κ2) is 7.75. The largest absolute Gasteiger partial charge is 0.508 e. The minimum Gasteiger partial charge on any atom is -0.508 e. The second-order valence-electron chi connectivity index (χ2n) is 4.76. The minimum absolute atomic E-state index is 0.0594. The van der Waals surface area contributed by atoms with E-state index in [-0.39, 0.29) is 17.1 Å². The normalized spacial score (nSPS) is 10.4. The molecule has 0 saturated carbocycles. The Balaban J connectivity index is 2.01. The fraction of sp³-hybridized carbons (Fsp3) is 0.235. The third-order valence-electron chi connectivity index (χ3n) is 3.18. The van der Waals surface area contributed by atoms with Gasteiger partial charge in [-0.2, -0.15) is 0 Å². The van der Waals surface area contributed by atoms with Crippen LogP contribution < -0.4 is 0 Å². The summed E-state index contributed by atoms with van der Waals surface area (Å²) in [5.74, 6) is -0.0299. The molecule has 0 aromatic heterocycles. The molecule has 2 rings (SSSR count). The van der Waals surface area contributed by atoms with Gasteiger partial charge in [0.2, 0.25) is 0 Å². The van der Waals surface area contributed by atoms with Crippen LogP contribution in [0.25, 0.3) is 0 Å². The van der Waals surface area contributed by atoms with Crippen LogP contribution in [-0.4, -0.2) is 29.0 Å². The standard InChI is InChI=1S/C17H18O4S/c1-21-17(20)16-12(10-13(18)11-15(16)19)6-5-9-22-14-7-3-2-4-8-14/h2-4,7-8,10-11,18-19H,5-6,9H2,1H3. The number of aryl methyl sites for hydroxylation is 1. The Labute approximate surface area is 133 Å². The highest BCUT2D eigenvalue weighted by molar-refractivity contribution is 7.99. The van der Waals surface area contributed by atoms with Crippen molar-refractivity contribution in [3.05, 3.63) is 53.6 Å². The molecule has 116 valence electrons. The number of carbonyl (C=O) groups excluding carboxylic acids is 1. The zero-order chi connectivity index (χ0) is 15.9. The Morgan fingerprint density at radius 2 is 1.91 bits per heavy atom. The number of phenolic OH excluding ortho intramolecular Hbond substituents is 2. The molecule has 0 amide bonds. The van der Waals surface area contributed by atoms with Crippen molar-refractivity contribution < 1.29 is 19.7 Å². The number of esters is 1. The number of carbonyl (C=O) groups is 1. The Morgan fingerprint density at radius 1 is 1.18 bits per heavy atom. The van der Waals surface area contributed by atoms with Gasteiger partial charge < -0.3 is 14.9 Å². The number of thioether (sulfide) groups is 1. The van der Waals surface area contributed by atoms with E-state index < -0.39 is 5.97 Å². The Hall–Kier alpha value is -2.14. The molecule has 0 spiro atoms. The molecule has 2 aromatic carbocycles. The summed E-state index contributed by atoms with van der Waals surface area (Å²) in [7, 11) is 1.27. The first kappa shape index (κ1) is 16.2. The molecule has 0 fully saturated rings. The molecular formula is C17H18O4S. The fourth-order valence-electron chi connectivity index (χ4n) is 2.17. The van der Waals surface area contributed by atoms with Crippen molar-refractivity contribution in [2.45, 2.75) is 17.7 Å². The number of hydrogen-bond acceptors (Lipinski definition) is 5. The number of methoxy groups -OCH3 is 1. The molecule has 22 heavy (non-hydrogen) atoms. The van der Waals surface area contributed by atoms with Gasteiger partial charge in [0.15, 0.2) is 0 Å².